The van der Waals surface area contributed by atoms with Gasteiger partial charge in [0.15, 0.2) is 0 Å². The maximum absolute atomic E-state index is 13.1. The van der Waals surface area contributed by atoms with E-state index in [2.05, 4.69) is 14.8 Å². The number of benzene rings is 1. The van der Waals surface area contributed by atoms with Gasteiger partial charge in [0.25, 0.3) is 0 Å². The van der Waals surface area contributed by atoms with Gasteiger partial charge in [0, 0.05) is 31.5 Å². The number of rotatable bonds is 3. The second-order valence-corrected chi connectivity index (χ2v) is 8.22. The summed E-state index contributed by atoms with van der Waals surface area (Å²) < 4.78 is 43.0. The smallest absolute Gasteiger partial charge is 0.243 e. The van der Waals surface area contributed by atoms with Crippen LogP contribution >= 0.6 is 0 Å². The lowest BCUT2D eigenvalue weighted by Gasteiger charge is -2.27. The Morgan fingerprint density at radius 2 is 1.88 bits per heavy atom. The first-order chi connectivity index (χ1) is 11.5. The average Bonchev–Trinajstić information content (AvgIpc) is 3.07. The normalized spacial score (nSPS) is 23.9. The zero-order valence-electron chi connectivity index (χ0n) is 13.4. The summed E-state index contributed by atoms with van der Waals surface area (Å²) in [6.07, 6.45) is 2.99. The van der Waals surface area contributed by atoms with Crippen molar-refractivity contribution >= 4 is 10.0 Å². The Hall–Kier alpha value is -1.80. The summed E-state index contributed by atoms with van der Waals surface area (Å²) >= 11 is 0. The molecular formula is C16H19FN4O2S. The van der Waals surface area contributed by atoms with E-state index in [0.717, 1.165) is 30.9 Å². The van der Waals surface area contributed by atoms with Gasteiger partial charge in [-0.2, -0.15) is 4.31 Å². The highest BCUT2D eigenvalue weighted by Crippen LogP contribution is 2.36. The molecule has 0 unspecified atom stereocenters. The molecule has 2 aliphatic heterocycles. The highest BCUT2D eigenvalue weighted by Gasteiger charge is 2.45. The van der Waals surface area contributed by atoms with E-state index >= 15 is 0 Å². The van der Waals surface area contributed by atoms with Gasteiger partial charge >= 0.3 is 0 Å². The molecule has 1 aromatic heterocycles. The molecule has 24 heavy (non-hydrogen) atoms. The molecule has 4 rings (SSSR count). The standard InChI is InChI=1S/C16H19FN4O2S/c1-2-15-18-19-16-9-12-5-6-13(10-20(15)16)21(12)24(22,23)14-7-3-11(17)4-8-14/h3-4,7-8,12-13H,2,5-6,9-10H2,1H3/t12-,13+/m0/s1. The summed E-state index contributed by atoms with van der Waals surface area (Å²) in [7, 11) is -3.65. The van der Waals surface area contributed by atoms with Crippen LogP contribution in [0.15, 0.2) is 29.2 Å². The van der Waals surface area contributed by atoms with E-state index in [1.165, 1.54) is 24.3 Å². The van der Waals surface area contributed by atoms with Gasteiger partial charge in [0.05, 0.1) is 4.90 Å². The van der Waals surface area contributed by atoms with Crippen LogP contribution in [0.25, 0.3) is 0 Å². The fourth-order valence-corrected chi connectivity index (χ4v) is 5.70. The number of aryl methyl sites for hydroxylation is 1. The molecule has 2 aromatic rings. The van der Waals surface area contributed by atoms with Gasteiger partial charge in [0.2, 0.25) is 10.0 Å². The average molecular weight is 350 g/mol. The van der Waals surface area contributed by atoms with Crippen molar-refractivity contribution in [1.82, 2.24) is 19.1 Å². The third kappa shape index (κ3) is 2.36. The van der Waals surface area contributed by atoms with Crippen LogP contribution in [0.3, 0.4) is 0 Å². The summed E-state index contributed by atoms with van der Waals surface area (Å²) in [5, 5.41) is 8.46. The monoisotopic (exact) mass is 350 g/mol. The van der Waals surface area contributed by atoms with Crippen molar-refractivity contribution < 1.29 is 12.8 Å². The quantitative estimate of drug-likeness (QED) is 0.846. The van der Waals surface area contributed by atoms with E-state index in [-0.39, 0.29) is 17.0 Å². The Kier molecular flexibility index (Phi) is 3.69. The Labute approximate surface area is 140 Å². The predicted octanol–water partition coefficient (Wildman–Crippen LogP) is 1.76. The van der Waals surface area contributed by atoms with Gasteiger partial charge in [-0.3, -0.25) is 0 Å². The minimum atomic E-state index is -3.65. The van der Waals surface area contributed by atoms with Crippen molar-refractivity contribution in [2.24, 2.45) is 0 Å². The van der Waals surface area contributed by atoms with Crippen LogP contribution in [0.1, 0.15) is 31.4 Å². The lowest BCUT2D eigenvalue weighted by atomic mass is 10.1. The van der Waals surface area contributed by atoms with Crippen molar-refractivity contribution in [2.75, 3.05) is 0 Å². The molecule has 0 saturated carbocycles. The molecule has 1 fully saturated rings. The largest absolute Gasteiger partial charge is 0.313 e. The number of hydrogen-bond acceptors (Lipinski definition) is 4. The molecule has 0 aliphatic carbocycles. The first-order valence-electron chi connectivity index (χ1n) is 8.20. The Balaban J connectivity index is 1.72. The van der Waals surface area contributed by atoms with Crippen molar-refractivity contribution in [3.05, 3.63) is 41.7 Å². The van der Waals surface area contributed by atoms with Gasteiger partial charge in [-0.25, -0.2) is 12.8 Å². The maximum atomic E-state index is 13.1. The number of sulfonamides is 1. The molecule has 2 bridgehead atoms. The molecule has 2 aliphatic rings. The SMILES string of the molecule is CCc1nnc2n1C[C@H]1CC[C@@H](C2)N1S(=O)(=O)c1ccc(F)cc1. The molecule has 0 amide bonds. The van der Waals surface area contributed by atoms with E-state index in [1.807, 2.05) is 6.92 Å². The molecule has 2 atom stereocenters. The van der Waals surface area contributed by atoms with Crippen LogP contribution < -0.4 is 0 Å². The molecule has 1 aromatic carbocycles. The number of nitrogens with zero attached hydrogens (tertiary/aromatic N) is 4. The van der Waals surface area contributed by atoms with E-state index in [9.17, 15) is 12.8 Å². The minimum absolute atomic E-state index is 0.104. The van der Waals surface area contributed by atoms with E-state index in [4.69, 9.17) is 0 Å². The number of fused-ring (bicyclic) bond motifs is 3. The van der Waals surface area contributed by atoms with Gasteiger partial charge < -0.3 is 4.57 Å². The zero-order chi connectivity index (χ0) is 16.9. The molecule has 0 N–H and O–H groups in total. The second kappa shape index (κ2) is 5.63. The molecule has 8 heteroatoms. The summed E-state index contributed by atoms with van der Waals surface area (Å²) in [6, 6.07) is 4.85. The molecule has 3 heterocycles. The van der Waals surface area contributed by atoms with Gasteiger partial charge in [-0.1, -0.05) is 6.92 Å². The number of halogens is 1. The molecule has 6 nitrogen and oxygen atoms in total. The van der Waals surface area contributed by atoms with E-state index in [0.29, 0.717) is 13.0 Å². The number of hydrogen-bond donors (Lipinski definition) is 0. The zero-order valence-corrected chi connectivity index (χ0v) is 14.2. The summed E-state index contributed by atoms with van der Waals surface area (Å²) in [4.78, 5) is 0.147. The number of aromatic nitrogens is 3. The predicted molar refractivity (Wildman–Crippen MR) is 85.3 cm³/mol. The third-order valence-electron chi connectivity index (χ3n) is 4.97. The third-order valence-corrected chi connectivity index (χ3v) is 6.99. The summed E-state index contributed by atoms with van der Waals surface area (Å²) in [5.41, 5.74) is 0. The lowest BCUT2D eigenvalue weighted by Crippen LogP contribution is -2.42. The fourth-order valence-electron chi connectivity index (χ4n) is 3.84. The van der Waals surface area contributed by atoms with Crippen LogP contribution in [-0.2, 0) is 29.4 Å². The molecule has 0 spiro atoms. The highest BCUT2D eigenvalue weighted by atomic mass is 32.2. The van der Waals surface area contributed by atoms with E-state index in [1.54, 1.807) is 4.31 Å². The highest BCUT2D eigenvalue weighted by molar-refractivity contribution is 7.89. The molecule has 1 saturated heterocycles. The Bertz CT molecular complexity index is 863. The summed E-state index contributed by atoms with van der Waals surface area (Å²) in [6.45, 7) is 2.61. The maximum Gasteiger partial charge on any atom is 0.243 e. The van der Waals surface area contributed by atoms with Crippen LogP contribution in [0.4, 0.5) is 4.39 Å². The van der Waals surface area contributed by atoms with Crippen molar-refractivity contribution in [3.63, 3.8) is 0 Å². The van der Waals surface area contributed by atoms with Crippen LogP contribution in [0, 0.1) is 5.82 Å². The van der Waals surface area contributed by atoms with Crippen molar-refractivity contribution in [2.45, 2.75) is 56.1 Å². The van der Waals surface area contributed by atoms with Gasteiger partial charge in [0.1, 0.15) is 17.5 Å². The van der Waals surface area contributed by atoms with Crippen LogP contribution in [0.5, 0.6) is 0 Å². The van der Waals surface area contributed by atoms with Gasteiger partial charge in [-0.05, 0) is 37.1 Å². The Morgan fingerprint density at radius 3 is 2.58 bits per heavy atom. The fraction of sp³-hybridized carbons (Fsp3) is 0.500. The minimum Gasteiger partial charge on any atom is -0.313 e. The van der Waals surface area contributed by atoms with Crippen LogP contribution in [0.2, 0.25) is 0 Å². The first-order valence-corrected chi connectivity index (χ1v) is 9.64. The molecule has 128 valence electrons. The van der Waals surface area contributed by atoms with Crippen molar-refractivity contribution in [3.8, 4) is 0 Å². The first kappa shape index (κ1) is 15.7. The molecule has 0 radical (unpaired) electrons. The topological polar surface area (TPSA) is 68.1 Å². The second-order valence-electron chi connectivity index (χ2n) is 6.37. The van der Waals surface area contributed by atoms with E-state index < -0.39 is 15.8 Å². The van der Waals surface area contributed by atoms with Gasteiger partial charge in [-0.15, -0.1) is 10.2 Å². The molecular weight excluding hydrogens is 331 g/mol. The Morgan fingerprint density at radius 1 is 1.17 bits per heavy atom. The van der Waals surface area contributed by atoms with Crippen LogP contribution in [-0.4, -0.2) is 39.6 Å². The summed E-state index contributed by atoms with van der Waals surface area (Å²) in [5.74, 6) is 1.32. The van der Waals surface area contributed by atoms with Crippen molar-refractivity contribution in [1.29, 1.82) is 0 Å². The lowest BCUT2D eigenvalue weighted by molar-refractivity contribution is 0.314.